The van der Waals surface area contributed by atoms with Crippen molar-refractivity contribution in [3.8, 4) is 0 Å². The van der Waals surface area contributed by atoms with Gasteiger partial charge in [0.1, 0.15) is 11.9 Å². The van der Waals surface area contributed by atoms with E-state index in [0.29, 0.717) is 31.1 Å². The molecule has 2 atom stereocenters. The summed E-state index contributed by atoms with van der Waals surface area (Å²) >= 11 is 0. The van der Waals surface area contributed by atoms with Gasteiger partial charge in [-0.1, -0.05) is 29.8 Å². The summed E-state index contributed by atoms with van der Waals surface area (Å²) in [7, 11) is 0. The van der Waals surface area contributed by atoms with Crippen molar-refractivity contribution in [3.05, 3.63) is 71.0 Å². The van der Waals surface area contributed by atoms with E-state index < -0.39 is 6.04 Å². The number of carbonyl (C=O) groups excluding carboxylic acids is 2. The molecule has 7 heteroatoms. The molecule has 2 saturated carbocycles. The van der Waals surface area contributed by atoms with E-state index in [-0.39, 0.29) is 35.8 Å². The fourth-order valence-electron chi connectivity index (χ4n) is 5.71. The summed E-state index contributed by atoms with van der Waals surface area (Å²) in [5, 5.41) is 3.24. The van der Waals surface area contributed by atoms with Gasteiger partial charge < -0.3 is 16.0 Å². The van der Waals surface area contributed by atoms with Gasteiger partial charge in [0.25, 0.3) is 5.91 Å². The second-order valence-corrected chi connectivity index (χ2v) is 10.9. The quantitative estimate of drug-likeness (QED) is 0.617. The number of hydrogen-bond acceptors (Lipinski definition) is 4. The molecule has 0 radical (unpaired) electrons. The van der Waals surface area contributed by atoms with Crippen molar-refractivity contribution in [1.29, 1.82) is 0 Å². The fourth-order valence-corrected chi connectivity index (χ4v) is 5.71. The van der Waals surface area contributed by atoms with Crippen molar-refractivity contribution in [2.75, 3.05) is 6.54 Å². The van der Waals surface area contributed by atoms with Crippen LogP contribution in [-0.2, 0) is 11.3 Å². The highest BCUT2D eigenvalue weighted by atomic mass is 19.1. The number of aryl methyl sites for hydroxylation is 1. The Labute approximate surface area is 213 Å². The number of nitrogens with one attached hydrogen (secondary N) is 1. The lowest BCUT2D eigenvalue weighted by molar-refractivity contribution is -0.125. The molecule has 0 spiro atoms. The molecule has 5 rings (SSSR count). The summed E-state index contributed by atoms with van der Waals surface area (Å²) in [5.74, 6) is -0.398. The number of halogens is 1. The molecule has 0 aromatic heterocycles. The zero-order valence-electron chi connectivity index (χ0n) is 21.0. The Morgan fingerprint density at radius 2 is 1.64 bits per heavy atom. The van der Waals surface area contributed by atoms with Gasteiger partial charge in [-0.05, 0) is 81.7 Å². The molecule has 1 saturated heterocycles. The molecule has 1 aliphatic heterocycles. The number of carbonyl (C=O) groups is 2. The number of nitrogens with two attached hydrogens (primary N) is 1. The van der Waals surface area contributed by atoms with Gasteiger partial charge in [0.05, 0.1) is 0 Å². The summed E-state index contributed by atoms with van der Waals surface area (Å²) in [6.07, 6.45) is 6.43. The Balaban J connectivity index is 1.35. The van der Waals surface area contributed by atoms with Crippen LogP contribution in [0.2, 0.25) is 0 Å². The SMILES string of the molecule is Cc1ccc(C(=O)N2CC(N(Cc3ccc(F)cc3)C3CC3)CC2C(=O)NC2CCC(N)CC2)cc1. The number of amides is 2. The molecule has 2 amide bonds. The number of likely N-dealkylation sites (tertiary alicyclic amines) is 1. The molecule has 3 N–H and O–H groups in total. The minimum absolute atomic E-state index is 0.0593. The molecule has 2 unspecified atom stereocenters. The first-order valence-corrected chi connectivity index (χ1v) is 13.3. The average molecular weight is 493 g/mol. The predicted molar refractivity (Wildman–Crippen MR) is 138 cm³/mol. The second kappa shape index (κ2) is 10.7. The summed E-state index contributed by atoms with van der Waals surface area (Å²) in [6, 6.07) is 14.6. The van der Waals surface area contributed by atoms with E-state index in [1.807, 2.05) is 43.3 Å². The van der Waals surface area contributed by atoms with E-state index >= 15 is 0 Å². The Bertz CT molecular complexity index is 1060. The summed E-state index contributed by atoms with van der Waals surface area (Å²) in [4.78, 5) is 31.4. The van der Waals surface area contributed by atoms with Gasteiger partial charge >= 0.3 is 0 Å². The van der Waals surface area contributed by atoms with E-state index in [1.54, 1.807) is 4.90 Å². The molecule has 3 fully saturated rings. The second-order valence-electron chi connectivity index (χ2n) is 10.9. The van der Waals surface area contributed by atoms with Crippen LogP contribution in [0.15, 0.2) is 48.5 Å². The Morgan fingerprint density at radius 3 is 2.28 bits per heavy atom. The van der Waals surface area contributed by atoms with Crippen molar-refractivity contribution in [2.45, 2.75) is 88.6 Å². The fraction of sp³-hybridized carbons (Fsp3) is 0.517. The largest absolute Gasteiger partial charge is 0.352 e. The number of rotatable bonds is 7. The van der Waals surface area contributed by atoms with Crippen molar-refractivity contribution >= 4 is 11.8 Å². The molecule has 0 bridgehead atoms. The van der Waals surface area contributed by atoms with Gasteiger partial charge in [-0.25, -0.2) is 4.39 Å². The van der Waals surface area contributed by atoms with Gasteiger partial charge in [0, 0.05) is 42.8 Å². The van der Waals surface area contributed by atoms with Crippen LogP contribution in [0.5, 0.6) is 0 Å². The molecule has 1 heterocycles. The molecule has 6 nitrogen and oxygen atoms in total. The first-order valence-electron chi connectivity index (χ1n) is 13.3. The van der Waals surface area contributed by atoms with Crippen LogP contribution in [0, 0.1) is 12.7 Å². The highest BCUT2D eigenvalue weighted by Crippen LogP contribution is 2.35. The van der Waals surface area contributed by atoms with Gasteiger partial charge in [0.15, 0.2) is 0 Å². The van der Waals surface area contributed by atoms with Crippen LogP contribution in [-0.4, -0.2) is 58.4 Å². The maximum absolute atomic E-state index is 13.6. The lowest BCUT2D eigenvalue weighted by Crippen LogP contribution is -2.50. The Hall–Kier alpha value is -2.77. The lowest BCUT2D eigenvalue weighted by atomic mass is 9.91. The molecular weight excluding hydrogens is 455 g/mol. The maximum atomic E-state index is 13.6. The number of nitrogens with zero attached hydrogens (tertiary/aromatic N) is 2. The number of benzene rings is 2. The lowest BCUT2D eigenvalue weighted by Gasteiger charge is -2.30. The van der Waals surface area contributed by atoms with Crippen LogP contribution in [0.3, 0.4) is 0 Å². The predicted octanol–water partition coefficient (Wildman–Crippen LogP) is 3.77. The van der Waals surface area contributed by atoms with E-state index in [0.717, 1.165) is 49.7 Å². The van der Waals surface area contributed by atoms with E-state index in [9.17, 15) is 14.0 Å². The minimum Gasteiger partial charge on any atom is -0.352 e. The van der Waals surface area contributed by atoms with E-state index in [2.05, 4.69) is 10.2 Å². The Morgan fingerprint density at radius 1 is 0.972 bits per heavy atom. The first-order chi connectivity index (χ1) is 17.4. The topological polar surface area (TPSA) is 78.7 Å². The van der Waals surface area contributed by atoms with Crippen molar-refractivity contribution in [2.24, 2.45) is 5.73 Å². The minimum atomic E-state index is -0.506. The van der Waals surface area contributed by atoms with Crippen LogP contribution in [0.25, 0.3) is 0 Å². The molecule has 192 valence electrons. The highest BCUT2D eigenvalue weighted by molar-refractivity contribution is 5.98. The van der Waals surface area contributed by atoms with Gasteiger partial charge in [-0.3, -0.25) is 14.5 Å². The first kappa shape index (κ1) is 24.9. The van der Waals surface area contributed by atoms with Crippen LogP contribution in [0.4, 0.5) is 4.39 Å². The molecule has 36 heavy (non-hydrogen) atoms. The van der Waals surface area contributed by atoms with Gasteiger partial charge in [-0.2, -0.15) is 0 Å². The maximum Gasteiger partial charge on any atom is 0.254 e. The number of hydrogen-bond donors (Lipinski definition) is 2. The zero-order valence-corrected chi connectivity index (χ0v) is 21.0. The Kier molecular flexibility index (Phi) is 7.39. The van der Waals surface area contributed by atoms with Gasteiger partial charge in [-0.15, -0.1) is 0 Å². The summed E-state index contributed by atoms with van der Waals surface area (Å²) < 4.78 is 13.5. The zero-order chi connectivity index (χ0) is 25.2. The molecule has 2 aromatic rings. The molecule has 2 aliphatic carbocycles. The van der Waals surface area contributed by atoms with Crippen LogP contribution < -0.4 is 11.1 Å². The monoisotopic (exact) mass is 492 g/mol. The normalized spacial score (nSPS) is 26.3. The third-order valence-corrected chi connectivity index (χ3v) is 8.02. The standard InChI is InChI=1S/C29H37FN4O2/c1-19-2-6-21(7-3-19)29(36)34-18-26(16-27(34)28(35)32-24-12-10-23(31)11-13-24)33(25-14-15-25)17-20-4-8-22(30)9-5-20/h2-9,23-27H,10-18,31H2,1H3,(H,32,35). The van der Waals surface area contributed by atoms with Crippen molar-refractivity contribution in [3.63, 3.8) is 0 Å². The molecule has 3 aliphatic rings. The van der Waals surface area contributed by atoms with E-state index in [4.69, 9.17) is 5.73 Å². The summed E-state index contributed by atoms with van der Waals surface area (Å²) in [6.45, 7) is 3.20. The van der Waals surface area contributed by atoms with Gasteiger partial charge in [0.2, 0.25) is 5.91 Å². The van der Waals surface area contributed by atoms with Crippen molar-refractivity contribution in [1.82, 2.24) is 15.1 Å². The molecular formula is C29H37FN4O2. The average Bonchev–Trinajstić information content (AvgIpc) is 3.62. The summed E-state index contributed by atoms with van der Waals surface area (Å²) in [5.41, 5.74) is 8.80. The molecule has 2 aromatic carbocycles. The van der Waals surface area contributed by atoms with Crippen LogP contribution in [0.1, 0.15) is 66.4 Å². The third kappa shape index (κ3) is 5.79. The van der Waals surface area contributed by atoms with E-state index in [1.165, 1.54) is 12.1 Å². The van der Waals surface area contributed by atoms with Crippen molar-refractivity contribution < 1.29 is 14.0 Å². The van der Waals surface area contributed by atoms with Crippen LogP contribution >= 0.6 is 0 Å². The highest BCUT2D eigenvalue weighted by Gasteiger charge is 2.45. The third-order valence-electron chi connectivity index (χ3n) is 8.02. The smallest absolute Gasteiger partial charge is 0.254 e.